The summed E-state index contributed by atoms with van der Waals surface area (Å²) in [7, 11) is 0. The van der Waals surface area contributed by atoms with E-state index in [-0.39, 0.29) is 6.61 Å². The molecule has 7 heteroatoms. The summed E-state index contributed by atoms with van der Waals surface area (Å²) >= 11 is 0. The molecule has 0 aromatic heterocycles. The Labute approximate surface area is 118 Å². The number of aliphatic hydroxyl groups is 1. The van der Waals surface area contributed by atoms with Crippen molar-refractivity contribution in [1.82, 2.24) is 0 Å². The van der Waals surface area contributed by atoms with Crippen molar-refractivity contribution in [2.24, 2.45) is 0 Å². The zero-order valence-electron chi connectivity index (χ0n) is 12.1. The van der Waals surface area contributed by atoms with Crippen LogP contribution in [0.25, 0.3) is 0 Å². The molecule has 0 saturated heterocycles. The van der Waals surface area contributed by atoms with Gasteiger partial charge in [0.05, 0.1) is 6.61 Å². The third-order valence-electron chi connectivity index (χ3n) is 2.41. The smallest absolute Gasteiger partial charge is 0.303 e. The fourth-order valence-electron chi connectivity index (χ4n) is 1.42. The van der Waals surface area contributed by atoms with E-state index >= 15 is 0 Å². The highest BCUT2D eigenvalue weighted by Gasteiger charge is 2.32. The van der Waals surface area contributed by atoms with Gasteiger partial charge in [0.2, 0.25) is 0 Å². The molecule has 118 valence electrons. The van der Waals surface area contributed by atoms with Crippen molar-refractivity contribution < 1.29 is 33.3 Å². The van der Waals surface area contributed by atoms with Crippen molar-refractivity contribution in [3.05, 3.63) is 0 Å². The van der Waals surface area contributed by atoms with Crippen LogP contribution in [-0.2, 0) is 23.8 Å². The van der Waals surface area contributed by atoms with Crippen LogP contribution in [0.15, 0.2) is 0 Å². The zero-order valence-corrected chi connectivity index (χ0v) is 12.1. The monoisotopic (exact) mass is 294 g/mol. The second-order valence-corrected chi connectivity index (χ2v) is 4.39. The summed E-state index contributed by atoms with van der Waals surface area (Å²) in [5, 5.41) is 9.81. The maximum atomic E-state index is 13.8. The van der Waals surface area contributed by atoms with Gasteiger partial charge >= 0.3 is 11.9 Å². The number of hydrogen-bond acceptors (Lipinski definition) is 6. The Hall–Kier alpha value is -1.21. The molecule has 0 radical (unpaired) electrons. The molecule has 0 aromatic carbocycles. The molecule has 3 atom stereocenters. The van der Waals surface area contributed by atoms with E-state index in [9.17, 15) is 19.1 Å². The Morgan fingerprint density at radius 2 is 1.85 bits per heavy atom. The molecule has 0 heterocycles. The molecule has 0 aliphatic carbocycles. The van der Waals surface area contributed by atoms with Gasteiger partial charge in [-0.1, -0.05) is 13.3 Å². The fourth-order valence-corrected chi connectivity index (χ4v) is 1.42. The van der Waals surface area contributed by atoms with Crippen molar-refractivity contribution in [3.63, 3.8) is 0 Å². The highest BCUT2D eigenvalue weighted by Crippen LogP contribution is 2.11. The number of carbonyl (C=O) groups excluding carboxylic acids is 2. The summed E-state index contributed by atoms with van der Waals surface area (Å²) in [6, 6.07) is 0. The first kappa shape index (κ1) is 18.8. The minimum atomic E-state index is -1.81. The van der Waals surface area contributed by atoms with Crippen LogP contribution in [0.1, 0.15) is 33.6 Å². The van der Waals surface area contributed by atoms with E-state index in [1.165, 1.54) is 0 Å². The Balaban J connectivity index is 4.36. The number of carbonyl (C=O) groups is 2. The van der Waals surface area contributed by atoms with Crippen LogP contribution in [0.5, 0.6) is 0 Å². The summed E-state index contributed by atoms with van der Waals surface area (Å²) in [6.07, 6.45) is -2.80. The van der Waals surface area contributed by atoms with Gasteiger partial charge < -0.3 is 19.3 Å². The number of esters is 2. The summed E-state index contributed by atoms with van der Waals surface area (Å²) in [4.78, 5) is 21.6. The van der Waals surface area contributed by atoms with Crippen molar-refractivity contribution in [2.45, 2.75) is 52.0 Å². The third-order valence-corrected chi connectivity index (χ3v) is 2.41. The topological polar surface area (TPSA) is 82.1 Å². The maximum Gasteiger partial charge on any atom is 0.303 e. The lowest BCUT2D eigenvalue weighted by atomic mass is 10.1. The molecular weight excluding hydrogens is 271 g/mol. The maximum absolute atomic E-state index is 13.8. The Bertz CT molecular complexity index is 297. The lowest BCUT2D eigenvalue weighted by Crippen LogP contribution is -2.43. The van der Waals surface area contributed by atoms with Gasteiger partial charge in [0.15, 0.2) is 12.3 Å². The molecule has 2 unspecified atom stereocenters. The molecule has 0 fully saturated rings. The molecule has 0 aromatic rings. The van der Waals surface area contributed by atoms with E-state index in [1.54, 1.807) is 0 Å². The molecule has 0 amide bonds. The minimum absolute atomic E-state index is 0.154. The quantitative estimate of drug-likeness (QED) is 0.478. The Morgan fingerprint density at radius 3 is 2.35 bits per heavy atom. The number of halogens is 1. The largest absolute Gasteiger partial charge is 0.463 e. The van der Waals surface area contributed by atoms with Gasteiger partial charge in [0, 0.05) is 20.5 Å². The fraction of sp³-hybridized carbons (Fsp3) is 0.846. The first-order valence-electron chi connectivity index (χ1n) is 6.58. The molecule has 0 aliphatic heterocycles. The van der Waals surface area contributed by atoms with Gasteiger partial charge in [-0.3, -0.25) is 9.59 Å². The van der Waals surface area contributed by atoms with Gasteiger partial charge in [0.25, 0.3) is 0 Å². The molecule has 0 rings (SSSR count). The van der Waals surface area contributed by atoms with E-state index in [0.717, 1.165) is 26.7 Å². The van der Waals surface area contributed by atoms with Gasteiger partial charge in [-0.05, 0) is 6.42 Å². The molecule has 20 heavy (non-hydrogen) atoms. The van der Waals surface area contributed by atoms with Gasteiger partial charge in [-0.25, -0.2) is 4.39 Å². The van der Waals surface area contributed by atoms with Crippen LogP contribution < -0.4 is 0 Å². The molecule has 6 nitrogen and oxygen atoms in total. The van der Waals surface area contributed by atoms with E-state index in [0.29, 0.717) is 6.61 Å². The van der Waals surface area contributed by atoms with Crippen LogP contribution in [-0.4, -0.2) is 55.2 Å². The zero-order chi connectivity index (χ0) is 15.5. The first-order valence-corrected chi connectivity index (χ1v) is 6.58. The van der Waals surface area contributed by atoms with E-state index in [4.69, 9.17) is 9.47 Å². The first-order chi connectivity index (χ1) is 9.38. The number of ether oxygens (including phenoxy) is 3. The van der Waals surface area contributed by atoms with Gasteiger partial charge in [-0.2, -0.15) is 0 Å². The van der Waals surface area contributed by atoms with Crippen molar-refractivity contribution in [1.29, 1.82) is 0 Å². The van der Waals surface area contributed by atoms with Crippen molar-refractivity contribution >= 4 is 11.9 Å². The molecule has 0 aliphatic rings. The van der Waals surface area contributed by atoms with Crippen LogP contribution in [0.4, 0.5) is 4.39 Å². The molecule has 0 bridgehead atoms. The predicted octanol–water partition coefficient (Wildman–Crippen LogP) is 0.997. The Morgan fingerprint density at radius 1 is 1.20 bits per heavy atom. The second-order valence-electron chi connectivity index (χ2n) is 4.39. The number of unbranched alkanes of at least 4 members (excludes halogenated alkanes) is 1. The summed E-state index contributed by atoms with van der Waals surface area (Å²) in [5.41, 5.74) is 0. The highest BCUT2D eigenvalue weighted by molar-refractivity contribution is 5.66. The molecular formula is C13H23FO6. The highest BCUT2D eigenvalue weighted by atomic mass is 19.1. The van der Waals surface area contributed by atoms with Crippen LogP contribution in [0, 0.1) is 0 Å². The number of aliphatic hydroxyl groups excluding tert-OH is 1. The van der Waals surface area contributed by atoms with Gasteiger partial charge in [-0.15, -0.1) is 0 Å². The molecule has 0 saturated carbocycles. The van der Waals surface area contributed by atoms with Crippen LogP contribution in [0.3, 0.4) is 0 Å². The second kappa shape index (κ2) is 10.6. The van der Waals surface area contributed by atoms with Gasteiger partial charge in [0.1, 0.15) is 12.7 Å². The normalized spacial score (nSPS) is 15.2. The number of rotatable bonds is 10. The Kier molecular flexibility index (Phi) is 9.92. The number of alkyl halides is 1. The standard InChI is InChI=1S/C13H23FO6/c1-4-5-6-18-8-12(17)13(20-10(3)16)11(14)7-19-9(2)15/h11-13,17H,4-8H2,1-3H3/t11?,12-,13?/m1/s1. The SMILES string of the molecule is CCCCOC[C@@H](O)C(OC(C)=O)C(F)COC(C)=O. The minimum Gasteiger partial charge on any atom is -0.463 e. The average Bonchev–Trinajstić information content (AvgIpc) is 2.37. The lowest BCUT2D eigenvalue weighted by molar-refractivity contribution is -0.165. The lowest BCUT2D eigenvalue weighted by Gasteiger charge is -2.25. The molecule has 0 spiro atoms. The average molecular weight is 294 g/mol. The number of hydrogen-bond donors (Lipinski definition) is 1. The summed E-state index contributed by atoms with van der Waals surface area (Å²) in [5.74, 6) is -1.38. The summed E-state index contributed by atoms with van der Waals surface area (Å²) < 4.78 is 28.2. The van der Waals surface area contributed by atoms with E-state index in [2.05, 4.69) is 4.74 Å². The molecule has 1 N–H and O–H groups in total. The predicted molar refractivity (Wildman–Crippen MR) is 68.8 cm³/mol. The van der Waals surface area contributed by atoms with E-state index < -0.39 is 36.9 Å². The van der Waals surface area contributed by atoms with Crippen molar-refractivity contribution in [3.8, 4) is 0 Å². The van der Waals surface area contributed by atoms with Crippen molar-refractivity contribution in [2.75, 3.05) is 19.8 Å². The van der Waals surface area contributed by atoms with Crippen LogP contribution in [0.2, 0.25) is 0 Å². The van der Waals surface area contributed by atoms with E-state index in [1.807, 2.05) is 6.92 Å². The third kappa shape index (κ3) is 8.82. The van der Waals surface area contributed by atoms with Crippen LogP contribution >= 0.6 is 0 Å². The summed E-state index contributed by atoms with van der Waals surface area (Å²) in [6.45, 7) is 3.92.